The highest BCUT2D eigenvalue weighted by Crippen LogP contribution is 2.39. The predicted octanol–water partition coefficient (Wildman–Crippen LogP) is 14.8. The molecule has 1 saturated heterocycles. The molecule has 0 radical (unpaired) electrons. The van der Waals surface area contributed by atoms with Crippen LogP contribution in [0.15, 0.2) is 83.2 Å². The van der Waals surface area contributed by atoms with Gasteiger partial charge in [0.25, 0.3) is 6.57 Å². The summed E-state index contributed by atoms with van der Waals surface area (Å²) >= 11 is 0. The standard InChI is InChI=1S/C35H63NO.C9H10O.C3HNO.C3H7N.C2H6/c1-9-27(3)33(26-25-29(5)32(8)36)31(7)34-24-22-20-18-16-14-12-11-13-15-17-19-21-23-30(6)37-35(34)28(4)10-2;1-8(10)7-9-5-3-2-4-6-9;1-4-2-3-5;1-3-4-2;1-2/h25-28,31,34-35H,6,8-24,36H2,1-5,7H3;2-6H,7H2,1H3;1H;3H,1-2H3;1-2H3/p+1/b29-25+,33-26+;;;;. The lowest BCUT2D eigenvalue weighted by Crippen LogP contribution is -2.36. The number of ether oxygens (including phenoxy) is 1. The Labute approximate surface area is 358 Å². The Hall–Kier alpha value is -4.03. The van der Waals surface area contributed by atoms with E-state index in [-0.39, 0.29) is 11.9 Å². The summed E-state index contributed by atoms with van der Waals surface area (Å²) in [6.07, 6.45) is 29.3. The van der Waals surface area contributed by atoms with Crippen molar-refractivity contribution in [2.45, 2.75) is 184 Å². The SMILES string of the molecule is C#[N+]C#CO.C=C1CCCCCCCCCCCCCCC(C(C)/C(=C/C=C(\C)C(=C)N)C(C)CC)C(C(C)CC)O1.CC.CC(=O)Cc1ccccc1.CC=NC. The molecule has 3 N–H and O–H groups in total. The van der Waals surface area contributed by atoms with Gasteiger partial charge in [-0.25, -0.2) is 0 Å². The summed E-state index contributed by atoms with van der Waals surface area (Å²) in [5.41, 5.74) is 10.3. The number of aliphatic hydroxyl groups is 1. The van der Waals surface area contributed by atoms with Crippen LogP contribution >= 0.6 is 0 Å². The molecule has 0 saturated carbocycles. The Bertz CT molecular complexity index is 1370. The fourth-order valence-electron chi connectivity index (χ4n) is 6.77. The van der Waals surface area contributed by atoms with Crippen LogP contribution in [0, 0.1) is 42.4 Å². The number of nitrogens with zero attached hydrogens (tertiary/aromatic N) is 2. The number of nitrogens with two attached hydrogens (primary N) is 1. The summed E-state index contributed by atoms with van der Waals surface area (Å²) in [6, 6.07) is 11.6. The maximum absolute atomic E-state index is 10.6. The first-order chi connectivity index (χ1) is 27.8. The molecule has 1 aliphatic rings. The average Bonchev–Trinajstić information content (AvgIpc) is 3.22. The molecule has 0 bridgehead atoms. The van der Waals surface area contributed by atoms with Crippen LogP contribution in [0.4, 0.5) is 0 Å². The van der Waals surface area contributed by atoms with Crippen LogP contribution in [0.2, 0.25) is 0 Å². The van der Waals surface area contributed by atoms with E-state index in [9.17, 15) is 4.79 Å². The number of aliphatic imine (C=N–C) groups is 1. The van der Waals surface area contributed by atoms with Crippen molar-refractivity contribution in [2.24, 2.45) is 34.4 Å². The molecule has 1 aromatic rings. The molecule has 328 valence electrons. The number of allylic oxidation sites excluding steroid dienone is 5. The summed E-state index contributed by atoms with van der Waals surface area (Å²) < 4.78 is 6.84. The quantitative estimate of drug-likeness (QED) is 0.140. The third-order valence-corrected chi connectivity index (χ3v) is 10.7. The van der Waals surface area contributed by atoms with Gasteiger partial charge in [0.15, 0.2) is 0 Å². The number of hydrogen-bond acceptors (Lipinski definition) is 5. The Morgan fingerprint density at radius 3 is 1.84 bits per heavy atom. The molecule has 1 aromatic carbocycles. The zero-order chi connectivity index (χ0) is 44.6. The summed E-state index contributed by atoms with van der Waals surface area (Å²) in [5.74, 6) is 3.19. The number of Topliss-reactive ketones (excluding diaryl/α,β-unsaturated/α-hetero) is 1. The molecule has 6 heteroatoms. The summed E-state index contributed by atoms with van der Waals surface area (Å²) in [5, 5.41) is 7.53. The zero-order valence-corrected chi connectivity index (χ0v) is 39.3. The second-order valence-corrected chi connectivity index (χ2v) is 15.3. The van der Waals surface area contributed by atoms with E-state index >= 15 is 0 Å². The smallest absolute Gasteiger partial charge is 0.417 e. The van der Waals surface area contributed by atoms with Crippen LogP contribution in [-0.4, -0.2) is 30.3 Å². The molecule has 0 aliphatic carbocycles. The van der Waals surface area contributed by atoms with Crippen molar-refractivity contribution in [3.63, 3.8) is 0 Å². The first kappa shape index (κ1) is 58.3. The Morgan fingerprint density at radius 2 is 1.45 bits per heavy atom. The first-order valence-electron chi connectivity index (χ1n) is 22.5. The number of benzene rings is 1. The Balaban J connectivity index is -0.00000117. The number of rotatable bonds is 10. The zero-order valence-electron chi connectivity index (χ0n) is 39.3. The van der Waals surface area contributed by atoms with Gasteiger partial charge in [0.05, 0.1) is 5.76 Å². The third kappa shape index (κ3) is 32.0. The van der Waals surface area contributed by atoms with Crippen LogP contribution in [0.5, 0.6) is 0 Å². The maximum Gasteiger partial charge on any atom is 0.417 e. The van der Waals surface area contributed by atoms with Crippen molar-refractivity contribution in [1.82, 2.24) is 0 Å². The lowest BCUT2D eigenvalue weighted by molar-refractivity contribution is -0.116. The molecule has 1 aliphatic heterocycles. The predicted molar refractivity (Wildman–Crippen MR) is 256 cm³/mol. The number of carbonyl (C=O) groups is 1. The molecule has 5 atom stereocenters. The fourth-order valence-corrected chi connectivity index (χ4v) is 6.77. The lowest BCUT2D eigenvalue weighted by Gasteiger charge is -2.38. The van der Waals surface area contributed by atoms with E-state index < -0.39 is 0 Å². The van der Waals surface area contributed by atoms with Crippen LogP contribution in [0.3, 0.4) is 0 Å². The Kier molecular flexibility index (Phi) is 41.3. The van der Waals surface area contributed by atoms with Gasteiger partial charge in [-0.2, -0.15) is 0 Å². The third-order valence-electron chi connectivity index (χ3n) is 10.7. The average molecular weight is 803 g/mol. The van der Waals surface area contributed by atoms with E-state index in [1.54, 1.807) is 20.2 Å². The van der Waals surface area contributed by atoms with E-state index in [4.69, 9.17) is 15.6 Å². The van der Waals surface area contributed by atoms with Crippen molar-refractivity contribution < 1.29 is 14.6 Å². The van der Waals surface area contributed by atoms with Crippen molar-refractivity contribution in [3.05, 3.63) is 88.7 Å². The summed E-state index contributed by atoms with van der Waals surface area (Å²) in [6.45, 7) is 34.2. The minimum atomic E-state index is 0.214. The van der Waals surface area contributed by atoms with Gasteiger partial charge in [0, 0.05) is 36.3 Å². The molecule has 6 nitrogen and oxygen atoms in total. The molecule has 0 amide bonds. The largest absolute Gasteiger partial charge is 0.495 e. The monoisotopic (exact) mass is 803 g/mol. The lowest BCUT2D eigenvalue weighted by atomic mass is 9.72. The summed E-state index contributed by atoms with van der Waals surface area (Å²) in [4.78, 5) is 17.0. The molecule has 1 fully saturated rings. The summed E-state index contributed by atoms with van der Waals surface area (Å²) in [7, 11) is 1.75. The van der Waals surface area contributed by atoms with Crippen molar-refractivity contribution in [3.8, 4) is 18.7 Å². The highest BCUT2D eigenvalue weighted by Gasteiger charge is 2.34. The van der Waals surface area contributed by atoms with Gasteiger partial charge in [0.2, 0.25) is 6.11 Å². The second-order valence-electron chi connectivity index (χ2n) is 15.3. The van der Waals surface area contributed by atoms with Gasteiger partial charge in [0.1, 0.15) is 11.9 Å². The molecule has 2 rings (SSSR count). The number of hydrogen-bond donors (Lipinski definition) is 2. The Morgan fingerprint density at radius 1 is 0.948 bits per heavy atom. The number of aliphatic hydroxyl groups excluding tert-OH is 1. The van der Waals surface area contributed by atoms with Gasteiger partial charge >= 0.3 is 6.04 Å². The normalized spacial score (nSPS) is 18.8. The van der Waals surface area contributed by atoms with Crippen LogP contribution in [-0.2, 0) is 16.0 Å². The van der Waals surface area contributed by atoms with Crippen LogP contribution in [0.25, 0.3) is 4.85 Å². The van der Waals surface area contributed by atoms with Gasteiger partial charge in [-0.05, 0) is 75.1 Å². The van der Waals surface area contributed by atoms with E-state index in [0.29, 0.717) is 35.8 Å². The molecule has 5 unspecified atom stereocenters. The van der Waals surface area contributed by atoms with Gasteiger partial charge < -0.3 is 20.6 Å². The maximum atomic E-state index is 10.6. The van der Waals surface area contributed by atoms with E-state index in [0.717, 1.165) is 36.2 Å². The molecular weight excluding hydrogens is 715 g/mol. The topological polar surface area (TPSA) is 89.3 Å². The minimum Gasteiger partial charge on any atom is -0.495 e. The molecule has 1 heterocycles. The van der Waals surface area contributed by atoms with Crippen LogP contribution < -0.4 is 5.73 Å². The highest BCUT2D eigenvalue weighted by atomic mass is 16.5. The molecular formula is C52H88N3O3+. The van der Waals surface area contributed by atoms with Gasteiger partial charge in [-0.15, -0.1) is 0 Å². The minimum absolute atomic E-state index is 0.214. The van der Waals surface area contributed by atoms with E-state index in [1.165, 1.54) is 95.2 Å². The van der Waals surface area contributed by atoms with Crippen LogP contribution in [0.1, 0.15) is 178 Å². The first-order valence-corrected chi connectivity index (χ1v) is 22.5. The molecule has 0 aromatic heterocycles. The second kappa shape index (κ2) is 41.1. The number of ketones is 1. The van der Waals surface area contributed by atoms with Crippen molar-refractivity contribution in [1.29, 1.82) is 0 Å². The fraction of sp³-hybridized carbons (Fsp3) is 0.635. The number of carbonyl (C=O) groups excluding carboxylic acids is 1. The van der Waals surface area contributed by atoms with Gasteiger partial charge in [-0.1, -0.05) is 187 Å². The van der Waals surface area contributed by atoms with Crippen molar-refractivity contribution in [2.75, 3.05) is 7.05 Å². The molecule has 58 heavy (non-hydrogen) atoms. The van der Waals surface area contributed by atoms with Gasteiger partial charge in [-0.3, -0.25) is 4.79 Å². The van der Waals surface area contributed by atoms with E-state index in [1.807, 2.05) is 57.1 Å². The van der Waals surface area contributed by atoms with E-state index in [2.05, 4.69) is 83.3 Å². The highest BCUT2D eigenvalue weighted by molar-refractivity contribution is 5.78. The molecule has 0 spiro atoms. The van der Waals surface area contributed by atoms with Crippen molar-refractivity contribution >= 4 is 12.0 Å².